The first-order valence-corrected chi connectivity index (χ1v) is 8.48. The Hall–Kier alpha value is -3.47. The lowest BCUT2D eigenvalue weighted by Crippen LogP contribution is -2.21. The molecule has 0 bridgehead atoms. The van der Waals surface area contributed by atoms with E-state index in [4.69, 9.17) is 0 Å². The van der Waals surface area contributed by atoms with Crippen molar-refractivity contribution in [3.8, 4) is 0 Å². The van der Waals surface area contributed by atoms with Crippen LogP contribution in [0, 0.1) is 0 Å². The molecule has 0 radical (unpaired) electrons. The molecule has 5 heteroatoms. The van der Waals surface area contributed by atoms with Crippen molar-refractivity contribution in [3.63, 3.8) is 0 Å². The van der Waals surface area contributed by atoms with Gasteiger partial charge in [-0.05, 0) is 29.8 Å². The Balaban J connectivity index is 0.000000144. The Bertz CT molecular complexity index is 1010. The van der Waals surface area contributed by atoms with Crippen molar-refractivity contribution < 1.29 is 4.79 Å². The number of nitrogens with zero attached hydrogens (tertiary/aromatic N) is 3. The molecular weight excluding hydrogens is 324 g/mol. The zero-order chi connectivity index (χ0) is 17.8. The van der Waals surface area contributed by atoms with Gasteiger partial charge in [-0.2, -0.15) is 9.98 Å². The molecular formula is C21H18N4O. The van der Waals surface area contributed by atoms with Crippen LogP contribution < -0.4 is 20.9 Å². The van der Waals surface area contributed by atoms with Gasteiger partial charge in [-0.25, -0.2) is 4.79 Å². The van der Waals surface area contributed by atoms with E-state index in [1.54, 1.807) is 12.1 Å². The number of nitrogens with one attached hydrogen (secondary N) is 1. The van der Waals surface area contributed by atoms with E-state index in [0.29, 0.717) is 10.7 Å². The first kappa shape index (κ1) is 16.0. The van der Waals surface area contributed by atoms with Crippen molar-refractivity contribution in [2.45, 2.75) is 6.54 Å². The van der Waals surface area contributed by atoms with Gasteiger partial charge in [0.2, 0.25) is 0 Å². The summed E-state index contributed by atoms with van der Waals surface area (Å²) in [5, 5.41) is 4.74. The Morgan fingerprint density at radius 1 is 0.808 bits per heavy atom. The third-order valence-electron chi connectivity index (χ3n) is 4.24. The number of rotatable bonds is 2. The Morgan fingerprint density at radius 3 is 2.15 bits per heavy atom. The lowest BCUT2D eigenvalue weighted by molar-refractivity contribution is 0.256. The van der Waals surface area contributed by atoms with Gasteiger partial charge in [-0.3, -0.25) is 0 Å². The fourth-order valence-electron chi connectivity index (χ4n) is 2.99. The van der Waals surface area contributed by atoms with Crippen molar-refractivity contribution in [1.82, 2.24) is 0 Å². The Morgan fingerprint density at radius 2 is 1.42 bits per heavy atom. The van der Waals surface area contributed by atoms with Crippen LogP contribution >= 0.6 is 0 Å². The highest BCUT2D eigenvalue weighted by Crippen LogP contribution is 2.31. The molecule has 0 atom stereocenters. The molecule has 0 fully saturated rings. The van der Waals surface area contributed by atoms with Gasteiger partial charge in [-0.1, -0.05) is 54.6 Å². The lowest BCUT2D eigenvalue weighted by atomic mass is 10.2. The maximum Gasteiger partial charge on any atom is 0.368 e. The second-order valence-electron chi connectivity index (χ2n) is 6.03. The highest BCUT2D eigenvalue weighted by atomic mass is 16.2. The molecule has 2 aliphatic heterocycles. The summed E-state index contributed by atoms with van der Waals surface area (Å²) >= 11 is 0. The minimum atomic E-state index is -0.402. The highest BCUT2D eigenvalue weighted by Gasteiger charge is 2.17. The predicted molar refractivity (Wildman–Crippen MR) is 102 cm³/mol. The van der Waals surface area contributed by atoms with Gasteiger partial charge in [-0.15, -0.1) is 0 Å². The Labute approximate surface area is 151 Å². The quantitative estimate of drug-likeness (QED) is 0.778. The fraction of sp³-hybridized carbons (Fsp3) is 0.0952. The number of urea groups is 1. The summed E-state index contributed by atoms with van der Waals surface area (Å²) in [4.78, 5) is 20.2. The number of anilines is 2. The third kappa shape index (κ3) is 3.47. The molecule has 2 amide bonds. The molecule has 26 heavy (non-hydrogen) atoms. The zero-order valence-corrected chi connectivity index (χ0v) is 14.2. The Kier molecular flexibility index (Phi) is 4.43. The van der Waals surface area contributed by atoms with Crippen LogP contribution in [0.5, 0.6) is 0 Å². The van der Waals surface area contributed by atoms with Crippen LogP contribution in [0.15, 0.2) is 88.8 Å². The molecule has 5 rings (SSSR count). The van der Waals surface area contributed by atoms with E-state index >= 15 is 0 Å². The summed E-state index contributed by atoms with van der Waals surface area (Å²) < 4.78 is 0. The van der Waals surface area contributed by atoms with Crippen LogP contribution in [0.3, 0.4) is 0 Å². The molecule has 0 saturated carbocycles. The van der Waals surface area contributed by atoms with E-state index in [1.807, 2.05) is 12.1 Å². The lowest BCUT2D eigenvalue weighted by Gasteiger charge is -2.17. The highest BCUT2D eigenvalue weighted by molar-refractivity contribution is 5.77. The molecule has 5 nitrogen and oxygen atoms in total. The molecule has 0 aliphatic carbocycles. The number of carbonyl (C=O) groups excluding carboxylic acids is 1. The molecule has 0 spiro atoms. The first-order chi connectivity index (χ1) is 12.8. The van der Waals surface area contributed by atoms with Gasteiger partial charge in [0.15, 0.2) is 0 Å². The zero-order valence-electron chi connectivity index (χ0n) is 14.2. The van der Waals surface area contributed by atoms with Crippen molar-refractivity contribution in [2.75, 3.05) is 16.9 Å². The first-order valence-electron chi connectivity index (χ1n) is 8.48. The fourth-order valence-corrected chi connectivity index (χ4v) is 2.99. The molecule has 1 N–H and O–H groups in total. The predicted octanol–water partition coefficient (Wildman–Crippen LogP) is 3.14. The van der Waals surface area contributed by atoms with Crippen LogP contribution in [-0.2, 0) is 6.54 Å². The minimum absolute atomic E-state index is 0.402. The molecule has 2 heterocycles. The largest absolute Gasteiger partial charge is 0.368 e. The van der Waals surface area contributed by atoms with E-state index in [-0.39, 0.29) is 0 Å². The average molecular weight is 342 g/mol. The van der Waals surface area contributed by atoms with E-state index < -0.39 is 6.03 Å². The number of hydrogen-bond acceptors (Lipinski definition) is 3. The minimum Gasteiger partial charge on any atom is -0.366 e. The van der Waals surface area contributed by atoms with Crippen LogP contribution in [-0.4, -0.2) is 12.7 Å². The molecule has 2 aliphatic rings. The number of fused-ring (bicyclic) bond motifs is 2. The van der Waals surface area contributed by atoms with Crippen molar-refractivity contribution >= 4 is 17.4 Å². The molecule has 128 valence electrons. The van der Waals surface area contributed by atoms with Gasteiger partial charge in [0.1, 0.15) is 0 Å². The molecule has 0 saturated heterocycles. The summed E-state index contributed by atoms with van der Waals surface area (Å²) in [6, 6.07) is 25.8. The van der Waals surface area contributed by atoms with E-state index in [1.165, 1.54) is 16.9 Å². The van der Waals surface area contributed by atoms with Crippen LogP contribution in [0.25, 0.3) is 0 Å². The van der Waals surface area contributed by atoms with Crippen LogP contribution in [0.1, 0.15) is 5.56 Å². The van der Waals surface area contributed by atoms with Crippen LogP contribution in [0.4, 0.5) is 16.2 Å². The monoisotopic (exact) mass is 342 g/mol. The standard InChI is InChI=1S/C14H14N2.C7H4N2O/c1-2-6-12(7-3-1)10-16-11-15-13-8-4-5-9-14(13)16;10-7-8-5-3-1-2-4-6(5)9-7/h1-9,15H,10-11H2;1-4H. The van der Waals surface area contributed by atoms with Gasteiger partial charge in [0.25, 0.3) is 0 Å². The van der Waals surface area contributed by atoms with Crippen molar-refractivity contribution in [1.29, 1.82) is 0 Å². The summed E-state index contributed by atoms with van der Waals surface area (Å²) in [7, 11) is 0. The van der Waals surface area contributed by atoms with Crippen LogP contribution in [0.2, 0.25) is 0 Å². The van der Waals surface area contributed by atoms with E-state index in [2.05, 4.69) is 74.8 Å². The van der Waals surface area contributed by atoms with Crippen molar-refractivity contribution in [3.05, 3.63) is 95.1 Å². The maximum atomic E-state index is 10.6. The number of hydrogen-bond donors (Lipinski definition) is 1. The average Bonchev–Trinajstić information content (AvgIpc) is 3.26. The van der Waals surface area contributed by atoms with Gasteiger partial charge in [0, 0.05) is 6.54 Å². The molecule has 3 aromatic carbocycles. The van der Waals surface area contributed by atoms with Gasteiger partial charge in [0.05, 0.1) is 28.8 Å². The van der Waals surface area contributed by atoms with Gasteiger partial charge < -0.3 is 10.2 Å². The third-order valence-corrected chi connectivity index (χ3v) is 4.24. The van der Waals surface area contributed by atoms with Gasteiger partial charge >= 0.3 is 6.03 Å². The van der Waals surface area contributed by atoms with E-state index in [9.17, 15) is 4.79 Å². The second-order valence-corrected chi connectivity index (χ2v) is 6.03. The smallest absolute Gasteiger partial charge is 0.366 e. The number of para-hydroxylation sites is 4. The normalized spacial score (nSPS) is 13.5. The molecule has 0 aromatic heterocycles. The second kappa shape index (κ2) is 7.19. The summed E-state index contributed by atoms with van der Waals surface area (Å²) in [6.45, 7) is 1.86. The maximum absolute atomic E-state index is 10.6. The summed E-state index contributed by atoms with van der Waals surface area (Å²) in [6.07, 6.45) is 0. The number of carbonyl (C=O) groups is 1. The summed E-state index contributed by atoms with van der Waals surface area (Å²) in [5.74, 6) is 0. The van der Waals surface area contributed by atoms with E-state index in [0.717, 1.165) is 13.2 Å². The summed E-state index contributed by atoms with van der Waals surface area (Å²) in [5.41, 5.74) is 3.88. The number of benzene rings is 3. The van der Waals surface area contributed by atoms with Crippen molar-refractivity contribution in [2.24, 2.45) is 9.98 Å². The molecule has 0 unspecified atom stereocenters. The number of amides is 2. The molecule has 3 aromatic rings. The SMILES string of the molecule is O=C1N=c2ccccc2=N1.c1ccc(CN2CNc3ccccc32)cc1. The topological polar surface area (TPSA) is 57.1 Å².